The average molecular weight is 676 g/mol. The van der Waals surface area contributed by atoms with Gasteiger partial charge in [0.15, 0.2) is 11.5 Å². The number of amides is 4. The maximum Gasteiger partial charge on any atom is 0.435 e. The molecular formula is C27H28ClF6N9O3. The molecule has 0 atom stereocenters. The van der Waals surface area contributed by atoms with Crippen LogP contribution < -0.4 is 16.4 Å². The molecule has 2 fully saturated rings. The normalized spacial score (nSPS) is 18.7. The largest absolute Gasteiger partial charge is 0.435 e. The molecule has 3 aromatic rings. The van der Waals surface area contributed by atoms with E-state index in [-0.39, 0.29) is 69.6 Å². The second-order valence-corrected chi connectivity index (χ2v) is 11.4. The van der Waals surface area contributed by atoms with Gasteiger partial charge in [-0.25, -0.2) is 9.78 Å². The minimum atomic E-state index is -5.08. The minimum absolute atomic E-state index is 0.0109. The Morgan fingerprint density at radius 2 is 1.70 bits per heavy atom. The molecule has 5 rings (SSSR count). The van der Waals surface area contributed by atoms with Crippen LogP contribution in [-0.4, -0.2) is 91.4 Å². The van der Waals surface area contributed by atoms with Crippen LogP contribution in [0.15, 0.2) is 30.6 Å². The van der Waals surface area contributed by atoms with Crippen LogP contribution in [0.5, 0.6) is 0 Å². The van der Waals surface area contributed by atoms with Crippen molar-refractivity contribution in [3.63, 3.8) is 0 Å². The average Bonchev–Trinajstić information content (AvgIpc) is 3.54. The van der Waals surface area contributed by atoms with Gasteiger partial charge in [-0.2, -0.15) is 31.4 Å². The number of anilines is 1. The number of alkyl halides is 6. The predicted octanol–water partition coefficient (Wildman–Crippen LogP) is 3.73. The number of rotatable bonds is 6. The van der Waals surface area contributed by atoms with Gasteiger partial charge in [-0.15, -0.1) is 0 Å². The van der Waals surface area contributed by atoms with Crippen LogP contribution >= 0.6 is 11.6 Å². The molecule has 19 heteroatoms. The van der Waals surface area contributed by atoms with Crippen LogP contribution in [0.3, 0.4) is 0 Å². The van der Waals surface area contributed by atoms with E-state index >= 15 is 0 Å². The lowest BCUT2D eigenvalue weighted by atomic mass is 9.88. The van der Waals surface area contributed by atoms with Gasteiger partial charge in [0.1, 0.15) is 6.54 Å². The van der Waals surface area contributed by atoms with Crippen molar-refractivity contribution in [1.29, 1.82) is 0 Å². The van der Waals surface area contributed by atoms with Crippen molar-refractivity contribution in [3.05, 3.63) is 52.7 Å². The Kier molecular flexibility index (Phi) is 8.96. The van der Waals surface area contributed by atoms with E-state index in [0.717, 1.165) is 23.6 Å². The molecular weight excluding hydrogens is 648 g/mol. The molecule has 12 nitrogen and oxygen atoms in total. The first-order valence-corrected chi connectivity index (χ1v) is 14.3. The summed E-state index contributed by atoms with van der Waals surface area (Å²) in [4.78, 5) is 45.6. The van der Waals surface area contributed by atoms with Gasteiger partial charge in [-0.3, -0.25) is 14.3 Å². The lowest BCUT2D eigenvalue weighted by Gasteiger charge is -2.38. The monoisotopic (exact) mass is 675 g/mol. The quantitative estimate of drug-likeness (QED) is 0.340. The van der Waals surface area contributed by atoms with Crippen LogP contribution in [0, 0.1) is 0 Å². The summed E-state index contributed by atoms with van der Waals surface area (Å²) in [5.74, 6) is -1.60. The molecule has 0 bridgehead atoms. The molecule has 0 radical (unpaired) electrons. The number of nitrogens with two attached hydrogens (primary N) is 1. The molecule has 46 heavy (non-hydrogen) atoms. The molecule has 0 unspecified atom stereocenters. The maximum atomic E-state index is 13.6. The molecule has 4 N–H and O–H groups in total. The van der Waals surface area contributed by atoms with E-state index in [2.05, 4.69) is 20.7 Å². The van der Waals surface area contributed by atoms with Gasteiger partial charge >= 0.3 is 18.4 Å². The molecule has 1 aliphatic carbocycles. The fourth-order valence-corrected chi connectivity index (χ4v) is 5.50. The molecule has 1 aliphatic heterocycles. The number of nitrogens with zero attached hydrogens (tertiary/aromatic N) is 6. The summed E-state index contributed by atoms with van der Waals surface area (Å²) in [6.45, 7) is -0.553. The summed E-state index contributed by atoms with van der Waals surface area (Å²) < 4.78 is 80.3. The van der Waals surface area contributed by atoms with Crippen molar-refractivity contribution >= 4 is 35.1 Å². The molecule has 1 aromatic carbocycles. The lowest BCUT2D eigenvalue weighted by Crippen LogP contribution is -2.57. The van der Waals surface area contributed by atoms with E-state index in [0.29, 0.717) is 19.3 Å². The lowest BCUT2D eigenvalue weighted by molar-refractivity contribution is -0.148. The molecule has 0 spiro atoms. The Labute approximate surface area is 262 Å². The molecule has 2 aromatic heterocycles. The molecule has 1 saturated heterocycles. The number of aromatic nitrogens is 4. The first-order valence-electron chi connectivity index (χ1n) is 13.9. The smallest absolute Gasteiger partial charge is 0.335 e. The van der Waals surface area contributed by atoms with Crippen molar-refractivity contribution in [3.8, 4) is 11.3 Å². The molecule has 248 valence electrons. The van der Waals surface area contributed by atoms with E-state index in [9.17, 15) is 40.7 Å². The van der Waals surface area contributed by atoms with E-state index in [1.165, 1.54) is 25.2 Å². The zero-order chi connectivity index (χ0) is 33.6. The number of carbonyl (C=O) groups is 3. The third-order valence-electron chi connectivity index (χ3n) is 7.65. The SMILES string of the molecule is Cn1c(-c2cn(CC(F)(F)F)nc2C(F)(F)F)cnc1C(=O)Nc1ccc(C(=O)N2CCN(C(=O)NC3CC(N)C3)CC2)c(Cl)c1. The fraction of sp³-hybridized carbons (Fsp3) is 0.444. The van der Waals surface area contributed by atoms with Crippen molar-refractivity contribution in [2.75, 3.05) is 31.5 Å². The van der Waals surface area contributed by atoms with Crippen molar-refractivity contribution in [2.45, 2.75) is 43.8 Å². The first-order chi connectivity index (χ1) is 21.5. The van der Waals surface area contributed by atoms with Gasteiger partial charge in [0.05, 0.1) is 28.0 Å². The van der Waals surface area contributed by atoms with Crippen molar-refractivity contribution < 1.29 is 40.7 Å². The second kappa shape index (κ2) is 12.5. The highest BCUT2D eigenvalue weighted by Gasteiger charge is 2.40. The van der Waals surface area contributed by atoms with Gasteiger partial charge in [-0.05, 0) is 31.0 Å². The van der Waals surface area contributed by atoms with Gasteiger partial charge < -0.3 is 30.7 Å². The Hall–Kier alpha value is -4.32. The van der Waals surface area contributed by atoms with E-state index in [1.807, 2.05) is 0 Å². The van der Waals surface area contributed by atoms with E-state index in [1.54, 1.807) is 9.80 Å². The van der Waals surface area contributed by atoms with Gasteiger partial charge in [0, 0.05) is 57.2 Å². The van der Waals surface area contributed by atoms with E-state index in [4.69, 9.17) is 17.3 Å². The van der Waals surface area contributed by atoms with Crippen LogP contribution in [0.4, 0.5) is 36.8 Å². The number of halogens is 7. The Balaban J connectivity index is 1.23. The first kappa shape index (κ1) is 33.1. The van der Waals surface area contributed by atoms with Gasteiger partial charge in [-0.1, -0.05) is 11.6 Å². The van der Waals surface area contributed by atoms with Crippen molar-refractivity contribution in [1.82, 2.24) is 34.4 Å². The highest BCUT2D eigenvalue weighted by atomic mass is 35.5. The number of benzene rings is 1. The van der Waals surface area contributed by atoms with Crippen LogP contribution in [0.1, 0.15) is 39.5 Å². The highest BCUT2D eigenvalue weighted by molar-refractivity contribution is 6.34. The van der Waals surface area contributed by atoms with Gasteiger partial charge in [0.2, 0.25) is 0 Å². The summed E-state index contributed by atoms with van der Waals surface area (Å²) in [6, 6.07) is 4.05. The third kappa shape index (κ3) is 7.22. The van der Waals surface area contributed by atoms with Crippen LogP contribution in [0.25, 0.3) is 11.3 Å². The zero-order valence-electron chi connectivity index (χ0n) is 24.1. The summed E-state index contributed by atoms with van der Waals surface area (Å²) in [6.07, 6.45) is -6.94. The number of hydrogen-bond acceptors (Lipinski definition) is 6. The molecule has 2 aliphatic rings. The third-order valence-corrected chi connectivity index (χ3v) is 7.97. The number of imidazole rings is 1. The summed E-state index contributed by atoms with van der Waals surface area (Å²) in [5.41, 5.74) is 3.49. The number of piperazine rings is 1. The van der Waals surface area contributed by atoms with Crippen LogP contribution in [-0.2, 0) is 19.8 Å². The van der Waals surface area contributed by atoms with Crippen LogP contribution in [0.2, 0.25) is 5.02 Å². The molecule has 4 amide bonds. The Morgan fingerprint density at radius 3 is 2.28 bits per heavy atom. The van der Waals surface area contributed by atoms with Crippen molar-refractivity contribution in [2.24, 2.45) is 12.8 Å². The number of urea groups is 1. The summed E-state index contributed by atoms with van der Waals surface area (Å²) in [7, 11) is 1.22. The fourth-order valence-electron chi connectivity index (χ4n) is 5.24. The summed E-state index contributed by atoms with van der Waals surface area (Å²) in [5, 5.41) is 8.49. The van der Waals surface area contributed by atoms with E-state index < -0.39 is 36.1 Å². The highest BCUT2D eigenvalue weighted by Crippen LogP contribution is 2.37. The second-order valence-electron chi connectivity index (χ2n) is 11.0. The minimum Gasteiger partial charge on any atom is -0.335 e. The predicted molar refractivity (Wildman–Crippen MR) is 152 cm³/mol. The number of hydrogen-bond donors (Lipinski definition) is 3. The standard InChI is InChI=1S/C27H28ClF6N9O3/c1-40-20(18-12-43(13-26(29,30)31)39-21(18)27(32,33)34)11-36-22(40)23(44)37-15-2-3-17(19(28)10-15)24(45)41-4-6-42(7-5-41)25(46)38-16-8-14(35)9-16/h2-3,10-12,14,16H,4-9,13,35H2,1H3,(H,37,44)(H,38,46). The summed E-state index contributed by atoms with van der Waals surface area (Å²) >= 11 is 6.37. The Bertz CT molecular complexity index is 1640. The Morgan fingerprint density at radius 1 is 1.04 bits per heavy atom. The number of carbonyl (C=O) groups excluding carboxylic acids is 3. The van der Waals surface area contributed by atoms with Gasteiger partial charge in [0.25, 0.3) is 11.8 Å². The molecule has 1 saturated carbocycles. The number of nitrogens with one attached hydrogen (secondary N) is 2. The maximum absolute atomic E-state index is 13.6. The zero-order valence-corrected chi connectivity index (χ0v) is 24.9. The molecule has 3 heterocycles. The topological polar surface area (TPSA) is 143 Å².